The van der Waals surface area contributed by atoms with Gasteiger partial charge in [-0.1, -0.05) is 13.3 Å². The maximum Gasteiger partial charge on any atom is 0.0834 e. The van der Waals surface area contributed by atoms with E-state index in [0.717, 1.165) is 19.3 Å². The Morgan fingerprint density at radius 1 is 1.33 bits per heavy atom. The highest BCUT2D eigenvalue weighted by atomic mass is 16.5. The Kier molecular flexibility index (Phi) is 3.98. The molecular weight excluding hydrogens is 156 g/mol. The van der Waals surface area contributed by atoms with Crippen molar-refractivity contribution >= 4 is 0 Å². The van der Waals surface area contributed by atoms with Gasteiger partial charge in [0.15, 0.2) is 0 Å². The van der Waals surface area contributed by atoms with Crippen molar-refractivity contribution in [3.63, 3.8) is 0 Å². The fourth-order valence-corrected chi connectivity index (χ4v) is 1.71. The lowest BCUT2D eigenvalue weighted by atomic mass is 9.99. The van der Waals surface area contributed by atoms with Crippen molar-refractivity contribution in [3.05, 3.63) is 0 Å². The maximum atomic E-state index is 9.42. The lowest BCUT2D eigenvalue weighted by Gasteiger charge is -2.32. The monoisotopic (exact) mass is 174 g/mol. The summed E-state index contributed by atoms with van der Waals surface area (Å²) < 4.78 is 5.54. The minimum absolute atomic E-state index is 0.0251. The molecule has 72 valence electrons. The molecule has 0 unspecified atom stereocenters. The SMILES string of the molecule is CCC[C@H]1C[C@@H](O)C[C@@H](CO)O1. The third-order valence-corrected chi connectivity index (χ3v) is 2.27. The summed E-state index contributed by atoms with van der Waals surface area (Å²) in [5.74, 6) is 0. The Balaban J connectivity index is 2.34. The second-order valence-corrected chi connectivity index (χ2v) is 3.48. The molecule has 3 nitrogen and oxygen atoms in total. The Hall–Kier alpha value is -0.120. The van der Waals surface area contributed by atoms with Gasteiger partial charge in [-0.25, -0.2) is 0 Å². The van der Waals surface area contributed by atoms with E-state index in [1.54, 1.807) is 0 Å². The van der Waals surface area contributed by atoms with E-state index < -0.39 is 0 Å². The molecule has 0 bridgehead atoms. The lowest BCUT2D eigenvalue weighted by Crippen LogP contribution is -2.37. The first-order valence-electron chi connectivity index (χ1n) is 4.70. The van der Waals surface area contributed by atoms with Crippen molar-refractivity contribution in [2.75, 3.05) is 6.61 Å². The predicted octanol–water partition coefficient (Wildman–Crippen LogP) is 0.687. The third-order valence-electron chi connectivity index (χ3n) is 2.27. The number of hydrogen-bond donors (Lipinski definition) is 2. The van der Waals surface area contributed by atoms with Crippen LogP contribution < -0.4 is 0 Å². The molecule has 0 aromatic heterocycles. The molecule has 1 rings (SSSR count). The van der Waals surface area contributed by atoms with Gasteiger partial charge < -0.3 is 14.9 Å². The molecule has 0 saturated carbocycles. The van der Waals surface area contributed by atoms with Crippen LogP contribution in [-0.4, -0.2) is 35.1 Å². The molecule has 2 N–H and O–H groups in total. The van der Waals surface area contributed by atoms with Gasteiger partial charge in [0.05, 0.1) is 24.9 Å². The molecule has 1 aliphatic rings. The molecule has 12 heavy (non-hydrogen) atoms. The van der Waals surface area contributed by atoms with E-state index in [1.807, 2.05) is 0 Å². The van der Waals surface area contributed by atoms with Crippen LogP contribution in [0.4, 0.5) is 0 Å². The van der Waals surface area contributed by atoms with E-state index in [2.05, 4.69) is 6.92 Å². The normalized spacial score (nSPS) is 36.8. The zero-order valence-electron chi connectivity index (χ0n) is 7.57. The Morgan fingerprint density at radius 2 is 2.00 bits per heavy atom. The molecule has 0 amide bonds. The fraction of sp³-hybridized carbons (Fsp3) is 1.00. The van der Waals surface area contributed by atoms with E-state index in [4.69, 9.17) is 9.84 Å². The summed E-state index contributed by atoms with van der Waals surface area (Å²) >= 11 is 0. The minimum Gasteiger partial charge on any atom is -0.394 e. The molecule has 1 heterocycles. The lowest BCUT2D eigenvalue weighted by molar-refractivity contribution is -0.113. The predicted molar refractivity (Wildman–Crippen MR) is 45.9 cm³/mol. The van der Waals surface area contributed by atoms with Crippen molar-refractivity contribution in [1.29, 1.82) is 0 Å². The van der Waals surface area contributed by atoms with Crippen LogP contribution in [0, 0.1) is 0 Å². The standard InChI is InChI=1S/C9H18O3/c1-2-3-8-4-7(11)5-9(6-10)12-8/h7-11H,2-6H2,1H3/t7-,8+,9+/m1/s1. The van der Waals surface area contributed by atoms with E-state index in [1.165, 1.54) is 0 Å². The van der Waals surface area contributed by atoms with Crippen LogP contribution in [0.15, 0.2) is 0 Å². The fourth-order valence-electron chi connectivity index (χ4n) is 1.71. The Bertz CT molecular complexity index is 127. The van der Waals surface area contributed by atoms with Crippen LogP contribution in [0.3, 0.4) is 0 Å². The summed E-state index contributed by atoms with van der Waals surface area (Å²) in [7, 11) is 0. The molecule has 1 aliphatic heterocycles. The Labute approximate surface area is 73.4 Å². The van der Waals surface area contributed by atoms with Crippen LogP contribution in [0.2, 0.25) is 0 Å². The molecule has 0 radical (unpaired) electrons. The van der Waals surface area contributed by atoms with Crippen molar-refractivity contribution in [3.8, 4) is 0 Å². The molecule has 0 aliphatic carbocycles. The Morgan fingerprint density at radius 3 is 2.58 bits per heavy atom. The van der Waals surface area contributed by atoms with Crippen LogP contribution >= 0.6 is 0 Å². The second-order valence-electron chi connectivity index (χ2n) is 3.48. The van der Waals surface area contributed by atoms with E-state index >= 15 is 0 Å². The highest BCUT2D eigenvalue weighted by Gasteiger charge is 2.26. The van der Waals surface area contributed by atoms with Crippen molar-refractivity contribution in [2.24, 2.45) is 0 Å². The molecule has 1 saturated heterocycles. The number of ether oxygens (including phenoxy) is 1. The van der Waals surface area contributed by atoms with Crippen LogP contribution in [-0.2, 0) is 4.74 Å². The molecule has 1 fully saturated rings. The zero-order valence-corrected chi connectivity index (χ0v) is 7.57. The number of hydrogen-bond acceptors (Lipinski definition) is 3. The molecule has 3 atom stereocenters. The number of aliphatic hydroxyl groups excluding tert-OH is 2. The van der Waals surface area contributed by atoms with E-state index in [0.29, 0.717) is 6.42 Å². The summed E-state index contributed by atoms with van der Waals surface area (Å²) in [5.41, 5.74) is 0. The minimum atomic E-state index is -0.285. The summed E-state index contributed by atoms with van der Waals surface area (Å²) in [6, 6.07) is 0. The van der Waals surface area contributed by atoms with Gasteiger partial charge in [0.25, 0.3) is 0 Å². The van der Waals surface area contributed by atoms with Gasteiger partial charge in [0.2, 0.25) is 0 Å². The first-order chi connectivity index (χ1) is 5.76. The highest BCUT2D eigenvalue weighted by Crippen LogP contribution is 2.22. The maximum absolute atomic E-state index is 9.42. The molecule has 3 heteroatoms. The number of rotatable bonds is 3. The largest absolute Gasteiger partial charge is 0.394 e. The summed E-state index contributed by atoms with van der Waals surface area (Å²) in [5, 5.41) is 18.3. The summed E-state index contributed by atoms with van der Waals surface area (Å²) in [6.07, 6.45) is 3.07. The second kappa shape index (κ2) is 4.80. The first kappa shape index (κ1) is 9.96. The van der Waals surface area contributed by atoms with Gasteiger partial charge in [-0.05, 0) is 12.8 Å². The zero-order chi connectivity index (χ0) is 8.97. The molecule has 0 spiro atoms. The van der Waals surface area contributed by atoms with Gasteiger partial charge in [-0.3, -0.25) is 0 Å². The molecule has 0 aromatic rings. The van der Waals surface area contributed by atoms with Gasteiger partial charge in [-0.15, -0.1) is 0 Å². The summed E-state index contributed by atoms with van der Waals surface area (Å²) in [4.78, 5) is 0. The van der Waals surface area contributed by atoms with Gasteiger partial charge >= 0.3 is 0 Å². The average Bonchev–Trinajstić information content (AvgIpc) is 2.04. The van der Waals surface area contributed by atoms with Gasteiger partial charge in [0.1, 0.15) is 0 Å². The van der Waals surface area contributed by atoms with Crippen molar-refractivity contribution in [1.82, 2.24) is 0 Å². The first-order valence-corrected chi connectivity index (χ1v) is 4.70. The molecule has 0 aromatic carbocycles. The van der Waals surface area contributed by atoms with Gasteiger partial charge in [-0.2, -0.15) is 0 Å². The molecular formula is C9H18O3. The average molecular weight is 174 g/mol. The number of aliphatic hydroxyl groups is 2. The highest BCUT2D eigenvalue weighted by molar-refractivity contribution is 4.76. The summed E-state index contributed by atoms with van der Waals surface area (Å²) in [6.45, 7) is 2.12. The van der Waals surface area contributed by atoms with E-state index in [9.17, 15) is 5.11 Å². The van der Waals surface area contributed by atoms with Crippen LogP contribution in [0.1, 0.15) is 32.6 Å². The van der Waals surface area contributed by atoms with Crippen LogP contribution in [0.25, 0.3) is 0 Å². The van der Waals surface area contributed by atoms with Gasteiger partial charge in [0, 0.05) is 6.42 Å². The quantitative estimate of drug-likeness (QED) is 0.661. The van der Waals surface area contributed by atoms with Crippen LogP contribution in [0.5, 0.6) is 0 Å². The third kappa shape index (κ3) is 2.73. The van der Waals surface area contributed by atoms with Crippen molar-refractivity contribution in [2.45, 2.75) is 50.9 Å². The topological polar surface area (TPSA) is 49.7 Å². The van der Waals surface area contributed by atoms with E-state index in [-0.39, 0.29) is 24.9 Å². The van der Waals surface area contributed by atoms with Crippen molar-refractivity contribution < 1.29 is 14.9 Å². The smallest absolute Gasteiger partial charge is 0.0834 e.